The number of hydrogen-bond donors (Lipinski definition) is 0. The van der Waals surface area contributed by atoms with Crippen molar-refractivity contribution in [2.45, 2.75) is 0 Å². The zero-order chi connectivity index (χ0) is 11.8. The summed E-state index contributed by atoms with van der Waals surface area (Å²) in [6.45, 7) is 0. The number of nitrogens with zero attached hydrogens (tertiary/aromatic N) is 2. The summed E-state index contributed by atoms with van der Waals surface area (Å²) in [5.41, 5.74) is 1.19. The van der Waals surface area contributed by atoms with Crippen molar-refractivity contribution in [1.82, 2.24) is 4.98 Å². The van der Waals surface area contributed by atoms with E-state index in [1.807, 2.05) is 61.5 Å². The first-order valence-corrected chi connectivity index (χ1v) is 5.36. The molecule has 0 amide bonds. The van der Waals surface area contributed by atoms with Gasteiger partial charge < -0.3 is 4.90 Å². The van der Waals surface area contributed by atoms with Crippen LogP contribution in [0.5, 0.6) is 0 Å². The van der Waals surface area contributed by atoms with E-state index in [0.717, 1.165) is 5.02 Å². The fourth-order valence-corrected chi connectivity index (χ4v) is 1.20. The summed E-state index contributed by atoms with van der Waals surface area (Å²) in [6.07, 6.45) is 3.57. The van der Waals surface area contributed by atoms with Gasteiger partial charge >= 0.3 is 0 Å². The predicted molar refractivity (Wildman–Crippen MR) is 70.0 cm³/mol. The van der Waals surface area contributed by atoms with E-state index in [9.17, 15) is 0 Å². The molecule has 1 aromatic carbocycles. The molecule has 0 unspecified atom stereocenters. The van der Waals surface area contributed by atoms with E-state index >= 15 is 0 Å². The Hall–Kier alpha value is -1.54. The second-order valence-corrected chi connectivity index (χ2v) is 3.83. The van der Waals surface area contributed by atoms with Crippen molar-refractivity contribution in [1.29, 1.82) is 0 Å². The van der Waals surface area contributed by atoms with E-state index in [1.165, 1.54) is 5.69 Å². The average Bonchev–Trinajstić information content (AvgIpc) is 2.32. The van der Waals surface area contributed by atoms with Crippen LogP contribution in [0.25, 0.3) is 0 Å². The first-order valence-electron chi connectivity index (χ1n) is 4.98. The van der Waals surface area contributed by atoms with Crippen LogP contribution in [0.1, 0.15) is 0 Å². The molecule has 0 fully saturated rings. The van der Waals surface area contributed by atoms with Gasteiger partial charge in [0.2, 0.25) is 0 Å². The minimum Gasteiger partial charge on any atom is -0.378 e. The molecule has 1 heterocycles. The molecule has 0 atom stereocenters. The fourth-order valence-electron chi connectivity index (χ4n) is 1.06. The summed E-state index contributed by atoms with van der Waals surface area (Å²) in [7, 11) is 4.02. The van der Waals surface area contributed by atoms with E-state index in [2.05, 4.69) is 4.98 Å². The zero-order valence-corrected chi connectivity index (χ0v) is 10.2. The summed E-state index contributed by atoms with van der Waals surface area (Å²) in [5, 5.41) is 0.794. The third kappa shape index (κ3) is 4.80. The van der Waals surface area contributed by atoms with Crippen molar-refractivity contribution in [2.75, 3.05) is 19.0 Å². The van der Waals surface area contributed by atoms with Crippen LogP contribution < -0.4 is 4.90 Å². The molecule has 0 saturated heterocycles. The Kier molecular flexibility index (Phi) is 5.37. The number of hydrogen-bond acceptors (Lipinski definition) is 2. The summed E-state index contributed by atoms with van der Waals surface area (Å²) in [5.74, 6) is 0. The normalized spacial score (nSPS) is 8.94. The standard InChI is InChI=1S/C7H10N2.C6H5Cl/c1-9(2)7-3-5-8-6-4-7;7-6-4-2-1-3-5-6/h3-6H,1-2H3;1-5H. The first-order chi connectivity index (χ1) is 7.70. The molecular formula is C13H15ClN2. The van der Waals surface area contributed by atoms with Gasteiger partial charge in [0.1, 0.15) is 0 Å². The lowest BCUT2D eigenvalue weighted by Gasteiger charge is -2.10. The topological polar surface area (TPSA) is 16.1 Å². The maximum atomic E-state index is 5.54. The summed E-state index contributed by atoms with van der Waals surface area (Å²) < 4.78 is 0. The summed E-state index contributed by atoms with van der Waals surface area (Å²) in [6, 6.07) is 13.4. The Bertz CT molecular complexity index is 387. The maximum absolute atomic E-state index is 5.54. The van der Waals surface area contributed by atoms with Crippen molar-refractivity contribution < 1.29 is 0 Å². The van der Waals surface area contributed by atoms with E-state index in [4.69, 9.17) is 11.6 Å². The van der Waals surface area contributed by atoms with Gasteiger partial charge in [0.15, 0.2) is 0 Å². The molecule has 0 radical (unpaired) electrons. The van der Waals surface area contributed by atoms with Gasteiger partial charge in [-0.15, -0.1) is 0 Å². The van der Waals surface area contributed by atoms with Crippen molar-refractivity contribution in [3.05, 3.63) is 59.9 Å². The molecule has 1 aromatic heterocycles. The molecule has 0 N–H and O–H groups in total. The molecule has 3 heteroatoms. The van der Waals surface area contributed by atoms with Crippen LogP contribution in [0.3, 0.4) is 0 Å². The van der Waals surface area contributed by atoms with E-state index in [0.29, 0.717) is 0 Å². The number of rotatable bonds is 1. The number of pyridine rings is 1. The van der Waals surface area contributed by atoms with Crippen molar-refractivity contribution >= 4 is 17.3 Å². The highest BCUT2D eigenvalue weighted by Gasteiger charge is 1.88. The van der Waals surface area contributed by atoms with E-state index in [-0.39, 0.29) is 0 Å². The number of benzene rings is 1. The smallest absolute Gasteiger partial charge is 0.0405 e. The van der Waals surface area contributed by atoms with Crippen LogP contribution >= 0.6 is 11.6 Å². The lowest BCUT2D eigenvalue weighted by atomic mass is 10.4. The van der Waals surface area contributed by atoms with Crippen LogP contribution in [-0.2, 0) is 0 Å². The largest absolute Gasteiger partial charge is 0.378 e. The molecule has 16 heavy (non-hydrogen) atoms. The third-order valence-electron chi connectivity index (χ3n) is 1.91. The fraction of sp³-hybridized carbons (Fsp3) is 0.154. The Morgan fingerprint density at radius 3 is 1.81 bits per heavy atom. The highest BCUT2D eigenvalue weighted by atomic mass is 35.5. The Balaban J connectivity index is 0.000000165. The minimum absolute atomic E-state index is 0.794. The average molecular weight is 235 g/mol. The van der Waals surface area contributed by atoms with Crippen molar-refractivity contribution in [3.8, 4) is 0 Å². The van der Waals surface area contributed by atoms with E-state index < -0.39 is 0 Å². The number of halogens is 1. The molecule has 2 nitrogen and oxygen atoms in total. The monoisotopic (exact) mass is 234 g/mol. The van der Waals surface area contributed by atoms with Gasteiger partial charge in [0.05, 0.1) is 0 Å². The van der Waals surface area contributed by atoms with Crippen LogP contribution in [0.4, 0.5) is 5.69 Å². The minimum atomic E-state index is 0.794. The number of anilines is 1. The Morgan fingerprint density at radius 2 is 1.50 bits per heavy atom. The SMILES string of the molecule is CN(C)c1ccncc1.Clc1ccccc1. The molecule has 0 aliphatic carbocycles. The predicted octanol–water partition coefficient (Wildman–Crippen LogP) is 3.49. The molecule has 2 rings (SSSR count). The van der Waals surface area contributed by atoms with Crippen molar-refractivity contribution in [3.63, 3.8) is 0 Å². The maximum Gasteiger partial charge on any atom is 0.0405 e. The summed E-state index contributed by atoms with van der Waals surface area (Å²) >= 11 is 5.54. The van der Waals surface area contributed by atoms with E-state index in [1.54, 1.807) is 12.4 Å². The Morgan fingerprint density at radius 1 is 0.938 bits per heavy atom. The Labute approximate surface area is 102 Å². The lowest BCUT2D eigenvalue weighted by molar-refractivity contribution is 1.12. The second-order valence-electron chi connectivity index (χ2n) is 3.40. The van der Waals surface area contributed by atoms with Gasteiger partial charge in [-0.3, -0.25) is 4.98 Å². The lowest BCUT2D eigenvalue weighted by Crippen LogP contribution is -2.07. The first kappa shape index (κ1) is 12.5. The molecule has 0 bridgehead atoms. The highest BCUT2D eigenvalue weighted by molar-refractivity contribution is 6.30. The zero-order valence-electron chi connectivity index (χ0n) is 9.47. The molecule has 0 spiro atoms. The molecule has 2 aromatic rings. The van der Waals surface area contributed by atoms with Crippen molar-refractivity contribution in [2.24, 2.45) is 0 Å². The third-order valence-corrected chi connectivity index (χ3v) is 2.16. The van der Waals surface area contributed by atoms with Gasteiger partial charge in [-0.25, -0.2) is 0 Å². The quantitative estimate of drug-likeness (QED) is 0.751. The van der Waals surface area contributed by atoms with Gasteiger partial charge in [-0.05, 0) is 24.3 Å². The van der Waals surface area contributed by atoms with Gasteiger partial charge in [-0.1, -0.05) is 29.8 Å². The molecule has 0 aliphatic heterocycles. The van der Waals surface area contributed by atoms with Crippen LogP contribution in [-0.4, -0.2) is 19.1 Å². The van der Waals surface area contributed by atoms with Gasteiger partial charge in [-0.2, -0.15) is 0 Å². The molecule has 84 valence electrons. The van der Waals surface area contributed by atoms with Crippen LogP contribution in [0.15, 0.2) is 54.9 Å². The highest BCUT2D eigenvalue weighted by Crippen LogP contribution is 2.05. The molecule has 0 aliphatic rings. The van der Waals surface area contributed by atoms with Gasteiger partial charge in [0.25, 0.3) is 0 Å². The van der Waals surface area contributed by atoms with Crippen LogP contribution in [0, 0.1) is 0 Å². The molecule has 0 saturated carbocycles. The van der Waals surface area contributed by atoms with Gasteiger partial charge in [0, 0.05) is 37.2 Å². The number of aromatic nitrogens is 1. The summed E-state index contributed by atoms with van der Waals surface area (Å²) in [4.78, 5) is 5.94. The second kappa shape index (κ2) is 6.85. The molecular weight excluding hydrogens is 220 g/mol. The van der Waals surface area contributed by atoms with Crippen LogP contribution in [0.2, 0.25) is 5.02 Å².